The molecule has 2 aromatic heterocycles. The Hall–Kier alpha value is -2.01. The van der Waals surface area contributed by atoms with E-state index in [0.29, 0.717) is 11.1 Å². The topological polar surface area (TPSA) is 72.0 Å². The van der Waals surface area contributed by atoms with Crippen LogP contribution < -0.4 is 5.73 Å². The maximum atomic E-state index is 13.2. The highest BCUT2D eigenvalue weighted by Crippen LogP contribution is 2.32. The summed E-state index contributed by atoms with van der Waals surface area (Å²) < 4.78 is 13.2. The molecule has 0 aliphatic heterocycles. The molecule has 2 aromatic rings. The van der Waals surface area contributed by atoms with Crippen LogP contribution in [0.25, 0.3) is 0 Å². The van der Waals surface area contributed by atoms with Crippen LogP contribution in [0.4, 0.5) is 10.2 Å². The zero-order chi connectivity index (χ0) is 13.3. The quantitative estimate of drug-likeness (QED) is 0.848. The number of pyridine rings is 2. The van der Waals surface area contributed by atoms with Gasteiger partial charge in [0.1, 0.15) is 17.2 Å². The molecular weight excluding hydrogens is 233 g/mol. The first-order valence-electron chi connectivity index (χ1n) is 5.47. The Morgan fingerprint density at radius 1 is 1.28 bits per heavy atom. The number of rotatable bonds is 2. The SMILES string of the molecule is Cc1cnc(N)c(C(C)(O)c2cncc(F)c2)c1. The van der Waals surface area contributed by atoms with Crippen molar-refractivity contribution in [3.05, 3.63) is 53.2 Å². The monoisotopic (exact) mass is 247 g/mol. The second-order valence-electron chi connectivity index (χ2n) is 4.41. The van der Waals surface area contributed by atoms with Gasteiger partial charge in [0, 0.05) is 23.5 Å². The molecule has 0 spiro atoms. The van der Waals surface area contributed by atoms with Crippen LogP contribution in [0.15, 0.2) is 30.7 Å². The minimum atomic E-state index is -1.43. The first-order chi connectivity index (χ1) is 8.41. The van der Waals surface area contributed by atoms with Crippen LogP contribution in [0.5, 0.6) is 0 Å². The van der Waals surface area contributed by atoms with E-state index in [1.807, 2.05) is 6.92 Å². The number of nitrogens with two attached hydrogens (primary N) is 1. The molecule has 94 valence electrons. The van der Waals surface area contributed by atoms with E-state index in [9.17, 15) is 9.50 Å². The van der Waals surface area contributed by atoms with Crippen molar-refractivity contribution in [2.75, 3.05) is 5.73 Å². The van der Waals surface area contributed by atoms with Crippen molar-refractivity contribution < 1.29 is 9.50 Å². The molecule has 2 rings (SSSR count). The summed E-state index contributed by atoms with van der Waals surface area (Å²) in [6.07, 6.45) is 4.10. The molecule has 0 radical (unpaired) electrons. The molecule has 0 fully saturated rings. The Morgan fingerprint density at radius 3 is 2.67 bits per heavy atom. The summed E-state index contributed by atoms with van der Waals surface area (Å²) >= 11 is 0. The Kier molecular flexibility index (Phi) is 3.00. The first-order valence-corrected chi connectivity index (χ1v) is 5.47. The lowest BCUT2D eigenvalue weighted by molar-refractivity contribution is 0.102. The minimum absolute atomic E-state index is 0.217. The molecule has 3 N–H and O–H groups in total. The van der Waals surface area contributed by atoms with Gasteiger partial charge in [-0.25, -0.2) is 9.37 Å². The second kappa shape index (κ2) is 4.34. The van der Waals surface area contributed by atoms with E-state index in [2.05, 4.69) is 9.97 Å². The van der Waals surface area contributed by atoms with Crippen LogP contribution in [-0.4, -0.2) is 15.1 Å². The number of hydrogen-bond donors (Lipinski definition) is 2. The Balaban J connectivity index is 2.57. The number of nitrogen functional groups attached to an aromatic ring is 1. The summed E-state index contributed by atoms with van der Waals surface area (Å²) in [7, 11) is 0. The van der Waals surface area contributed by atoms with Crippen LogP contribution in [0.3, 0.4) is 0 Å². The highest BCUT2D eigenvalue weighted by atomic mass is 19.1. The van der Waals surface area contributed by atoms with Gasteiger partial charge in [-0.05, 0) is 31.5 Å². The largest absolute Gasteiger partial charge is 0.383 e. The van der Waals surface area contributed by atoms with Crippen molar-refractivity contribution in [1.29, 1.82) is 0 Å². The second-order valence-corrected chi connectivity index (χ2v) is 4.41. The average Bonchev–Trinajstić information content (AvgIpc) is 2.32. The van der Waals surface area contributed by atoms with Gasteiger partial charge in [-0.15, -0.1) is 0 Å². The molecule has 1 atom stereocenters. The smallest absolute Gasteiger partial charge is 0.141 e. The number of hydrogen-bond acceptors (Lipinski definition) is 4. The van der Waals surface area contributed by atoms with Crippen molar-refractivity contribution in [2.45, 2.75) is 19.4 Å². The van der Waals surface area contributed by atoms with Crippen LogP contribution >= 0.6 is 0 Å². The number of aryl methyl sites for hydroxylation is 1. The van der Waals surface area contributed by atoms with Gasteiger partial charge in [0.25, 0.3) is 0 Å². The van der Waals surface area contributed by atoms with Gasteiger partial charge in [0.05, 0.1) is 6.20 Å². The lowest BCUT2D eigenvalue weighted by atomic mass is 9.89. The summed E-state index contributed by atoms with van der Waals surface area (Å²) in [5.41, 5.74) is 5.97. The Bertz CT molecular complexity index is 584. The third-order valence-electron chi connectivity index (χ3n) is 2.85. The predicted molar refractivity (Wildman–Crippen MR) is 66.3 cm³/mol. The highest BCUT2D eigenvalue weighted by molar-refractivity contribution is 5.48. The zero-order valence-electron chi connectivity index (χ0n) is 10.2. The number of aromatic nitrogens is 2. The summed E-state index contributed by atoms with van der Waals surface area (Å²) in [4.78, 5) is 7.73. The molecular formula is C13H14FN3O. The van der Waals surface area contributed by atoms with Gasteiger partial charge in [0.2, 0.25) is 0 Å². The number of halogens is 1. The van der Waals surface area contributed by atoms with Gasteiger partial charge in [0.15, 0.2) is 0 Å². The summed E-state index contributed by atoms with van der Waals surface area (Å²) in [5.74, 6) is -0.290. The summed E-state index contributed by atoms with van der Waals surface area (Å²) in [6, 6.07) is 2.96. The van der Waals surface area contributed by atoms with E-state index < -0.39 is 11.4 Å². The first kappa shape index (κ1) is 12.4. The van der Waals surface area contributed by atoms with E-state index in [0.717, 1.165) is 11.8 Å². The van der Waals surface area contributed by atoms with E-state index in [4.69, 9.17) is 5.73 Å². The van der Waals surface area contributed by atoms with Crippen molar-refractivity contribution in [2.24, 2.45) is 0 Å². The average molecular weight is 247 g/mol. The van der Waals surface area contributed by atoms with Crippen LogP contribution in [-0.2, 0) is 5.60 Å². The van der Waals surface area contributed by atoms with Gasteiger partial charge in [-0.2, -0.15) is 0 Å². The van der Waals surface area contributed by atoms with Gasteiger partial charge < -0.3 is 10.8 Å². The van der Waals surface area contributed by atoms with E-state index in [1.54, 1.807) is 12.3 Å². The highest BCUT2D eigenvalue weighted by Gasteiger charge is 2.29. The summed E-state index contributed by atoms with van der Waals surface area (Å²) in [5, 5.41) is 10.6. The molecule has 5 heteroatoms. The fourth-order valence-corrected chi connectivity index (χ4v) is 1.80. The molecule has 18 heavy (non-hydrogen) atoms. The van der Waals surface area contributed by atoms with Crippen LogP contribution in [0.2, 0.25) is 0 Å². The molecule has 0 aliphatic rings. The fraction of sp³-hybridized carbons (Fsp3) is 0.231. The van der Waals surface area contributed by atoms with E-state index in [1.165, 1.54) is 19.2 Å². The van der Waals surface area contributed by atoms with E-state index >= 15 is 0 Å². The molecule has 1 unspecified atom stereocenters. The molecule has 0 amide bonds. The fourth-order valence-electron chi connectivity index (χ4n) is 1.80. The van der Waals surface area contributed by atoms with Gasteiger partial charge in [-0.1, -0.05) is 0 Å². The maximum absolute atomic E-state index is 13.2. The number of anilines is 1. The molecule has 0 saturated carbocycles. The molecule has 2 heterocycles. The lowest BCUT2D eigenvalue weighted by Gasteiger charge is -2.25. The third kappa shape index (κ3) is 2.17. The lowest BCUT2D eigenvalue weighted by Crippen LogP contribution is -2.25. The van der Waals surface area contributed by atoms with E-state index in [-0.39, 0.29) is 5.82 Å². The normalized spacial score (nSPS) is 14.2. The van der Waals surface area contributed by atoms with Crippen molar-refractivity contribution in [3.63, 3.8) is 0 Å². The predicted octanol–water partition coefficient (Wildman–Crippen LogP) is 1.76. The van der Waals surface area contributed by atoms with Crippen molar-refractivity contribution in [1.82, 2.24) is 9.97 Å². The summed E-state index contributed by atoms with van der Waals surface area (Å²) in [6.45, 7) is 3.38. The number of nitrogens with zero attached hydrogens (tertiary/aromatic N) is 2. The molecule has 0 bridgehead atoms. The molecule has 0 aliphatic carbocycles. The van der Waals surface area contributed by atoms with Crippen molar-refractivity contribution >= 4 is 5.82 Å². The molecule has 4 nitrogen and oxygen atoms in total. The zero-order valence-corrected chi connectivity index (χ0v) is 10.2. The number of aliphatic hydroxyl groups is 1. The molecule has 0 aromatic carbocycles. The van der Waals surface area contributed by atoms with Gasteiger partial charge >= 0.3 is 0 Å². The Morgan fingerprint density at radius 2 is 2.00 bits per heavy atom. The Labute approximate surface area is 104 Å². The molecule has 0 saturated heterocycles. The van der Waals surface area contributed by atoms with Crippen LogP contribution in [0.1, 0.15) is 23.6 Å². The third-order valence-corrected chi connectivity index (χ3v) is 2.85. The maximum Gasteiger partial charge on any atom is 0.141 e. The standard InChI is InChI=1S/C13H14FN3O/c1-8-3-11(12(15)17-5-8)13(2,18)9-4-10(14)7-16-6-9/h3-7,18H,1-2H3,(H2,15,17). The van der Waals surface area contributed by atoms with Crippen LogP contribution in [0, 0.1) is 12.7 Å². The van der Waals surface area contributed by atoms with Crippen molar-refractivity contribution in [3.8, 4) is 0 Å². The van der Waals surface area contributed by atoms with Gasteiger partial charge in [-0.3, -0.25) is 4.98 Å². The minimum Gasteiger partial charge on any atom is -0.383 e.